The van der Waals surface area contributed by atoms with Gasteiger partial charge in [0.1, 0.15) is 11.4 Å². The highest BCUT2D eigenvalue weighted by Crippen LogP contribution is 2.28. The third kappa shape index (κ3) is 5.68. The van der Waals surface area contributed by atoms with Crippen molar-refractivity contribution in [3.63, 3.8) is 0 Å². The van der Waals surface area contributed by atoms with E-state index in [1.165, 1.54) is 5.56 Å². The van der Waals surface area contributed by atoms with Gasteiger partial charge in [0, 0.05) is 6.04 Å². The first-order valence-corrected chi connectivity index (χ1v) is 7.92. The van der Waals surface area contributed by atoms with Crippen LogP contribution in [0.15, 0.2) is 18.2 Å². The summed E-state index contributed by atoms with van der Waals surface area (Å²) in [7, 11) is 1.94. The fraction of sp³-hybridized carbons (Fsp3) is 0.611. The molecular weight excluding hydrogens is 278 g/mol. The monoisotopic (exact) mass is 307 g/mol. The lowest BCUT2D eigenvalue weighted by atomic mass is 9.97. The van der Waals surface area contributed by atoms with Crippen molar-refractivity contribution in [1.29, 1.82) is 0 Å². The van der Waals surface area contributed by atoms with Gasteiger partial charge in [-0.15, -0.1) is 0 Å². The Kier molecular flexibility index (Phi) is 6.88. The van der Waals surface area contributed by atoms with Crippen LogP contribution in [0.25, 0.3) is 0 Å². The lowest BCUT2D eigenvalue weighted by molar-refractivity contribution is -0.157. The molecular formula is C18H29NO3. The summed E-state index contributed by atoms with van der Waals surface area (Å²) < 4.78 is 11.0. The Morgan fingerprint density at radius 2 is 2.00 bits per heavy atom. The third-order valence-electron chi connectivity index (χ3n) is 3.33. The molecule has 0 amide bonds. The Balaban J connectivity index is 2.87. The minimum absolute atomic E-state index is 0.0641. The summed E-state index contributed by atoms with van der Waals surface area (Å²) in [6.45, 7) is 9.74. The van der Waals surface area contributed by atoms with E-state index >= 15 is 0 Å². The number of nitrogens with one attached hydrogen (secondary N) is 1. The summed E-state index contributed by atoms with van der Waals surface area (Å²) in [6, 6.07) is 6.23. The quantitative estimate of drug-likeness (QED) is 0.781. The zero-order chi connectivity index (χ0) is 16.8. The molecule has 0 aliphatic heterocycles. The fourth-order valence-corrected chi connectivity index (χ4v) is 2.30. The molecule has 0 aliphatic rings. The van der Waals surface area contributed by atoms with E-state index < -0.39 is 5.60 Å². The van der Waals surface area contributed by atoms with Gasteiger partial charge in [-0.25, -0.2) is 4.79 Å². The molecule has 0 spiro atoms. The van der Waals surface area contributed by atoms with E-state index in [9.17, 15) is 4.79 Å². The summed E-state index contributed by atoms with van der Waals surface area (Å²) >= 11 is 0. The van der Waals surface area contributed by atoms with Gasteiger partial charge in [0.2, 0.25) is 0 Å². The van der Waals surface area contributed by atoms with Crippen molar-refractivity contribution in [3.05, 3.63) is 29.3 Å². The van der Waals surface area contributed by atoms with Gasteiger partial charge < -0.3 is 14.8 Å². The largest absolute Gasteiger partial charge is 0.482 e. The predicted octanol–water partition coefficient (Wildman–Crippen LogP) is 3.64. The maximum absolute atomic E-state index is 11.8. The van der Waals surface area contributed by atoms with Crippen molar-refractivity contribution >= 4 is 5.97 Å². The standard InChI is InChI=1S/C18H29NO3/c1-7-9-15-14(13(2)19-6)10-8-11-16(15)21-12-17(20)22-18(3,4)5/h8,10-11,13,19H,7,9,12H2,1-6H3. The van der Waals surface area contributed by atoms with Gasteiger partial charge in [-0.1, -0.05) is 25.5 Å². The van der Waals surface area contributed by atoms with Crippen LogP contribution in [0.5, 0.6) is 5.75 Å². The van der Waals surface area contributed by atoms with Gasteiger partial charge in [0.05, 0.1) is 0 Å². The van der Waals surface area contributed by atoms with Crippen LogP contribution in [0.2, 0.25) is 0 Å². The Bertz CT molecular complexity index is 492. The van der Waals surface area contributed by atoms with Crippen LogP contribution in [-0.4, -0.2) is 25.2 Å². The van der Waals surface area contributed by atoms with E-state index in [1.54, 1.807) is 0 Å². The summed E-state index contributed by atoms with van der Waals surface area (Å²) in [5.74, 6) is 0.425. The first kappa shape index (κ1) is 18.5. The highest BCUT2D eigenvalue weighted by molar-refractivity contribution is 5.71. The van der Waals surface area contributed by atoms with Crippen molar-refractivity contribution < 1.29 is 14.3 Å². The highest BCUT2D eigenvalue weighted by Gasteiger charge is 2.18. The van der Waals surface area contributed by atoms with Crippen molar-refractivity contribution in [2.75, 3.05) is 13.7 Å². The van der Waals surface area contributed by atoms with E-state index in [-0.39, 0.29) is 18.6 Å². The van der Waals surface area contributed by atoms with E-state index in [2.05, 4.69) is 25.2 Å². The topological polar surface area (TPSA) is 47.6 Å². The van der Waals surface area contributed by atoms with Gasteiger partial charge in [0.15, 0.2) is 6.61 Å². The van der Waals surface area contributed by atoms with E-state index in [4.69, 9.17) is 9.47 Å². The normalized spacial score (nSPS) is 12.8. The number of esters is 1. The molecule has 124 valence electrons. The van der Waals surface area contributed by atoms with Crippen LogP contribution >= 0.6 is 0 Å². The van der Waals surface area contributed by atoms with E-state index in [0.717, 1.165) is 24.2 Å². The van der Waals surface area contributed by atoms with Crippen LogP contribution in [-0.2, 0) is 16.0 Å². The summed E-state index contributed by atoms with van der Waals surface area (Å²) in [6.07, 6.45) is 1.95. The number of carbonyl (C=O) groups excluding carboxylic acids is 1. The molecule has 0 fully saturated rings. The average molecular weight is 307 g/mol. The number of carbonyl (C=O) groups is 1. The van der Waals surface area contributed by atoms with E-state index in [1.807, 2.05) is 40.0 Å². The molecule has 1 atom stereocenters. The lowest BCUT2D eigenvalue weighted by Gasteiger charge is -2.21. The molecule has 1 N–H and O–H groups in total. The molecule has 22 heavy (non-hydrogen) atoms. The molecule has 4 heteroatoms. The number of ether oxygens (including phenoxy) is 2. The number of hydrogen-bond donors (Lipinski definition) is 1. The van der Waals surface area contributed by atoms with Gasteiger partial charge in [0.25, 0.3) is 0 Å². The Morgan fingerprint density at radius 3 is 2.55 bits per heavy atom. The number of benzene rings is 1. The minimum atomic E-state index is -0.491. The number of hydrogen-bond acceptors (Lipinski definition) is 4. The van der Waals surface area contributed by atoms with Crippen molar-refractivity contribution in [1.82, 2.24) is 5.32 Å². The molecule has 0 bridgehead atoms. The molecule has 1 aromatic carbocycles. The number of rotatable bonds is 7. The Labute approximate surface area is 134 Å². The van der Waals surface area contributed by atoms with Crippen LogP contribution in [0, 0.1) is 0 Å². The van der Waals surface area contributed by atoms with Crippen LogP contribution < -0.4 is 10.1 Å². The first-order chi connectivity index (χ1) is 10.3. The summed E-state index contributed by atoms with van der Waals surface area (Å²) in [4.78, 5) is 11.8. The molecule has 0 aromatic heterocycles. The van der Waals surface area contributed by atoms with Gasteiger partial charge in [-0.05, 0) is 58.4 Å². The molecule has 1 rings (SSSR count). The molecule has 0 radical (unpaired) electrons. The zero-order valence-corrected chi connectivity index (χ0v) is 14.7. The van der Waals surface area contributed by atoms with Crippen LogP contribution in [0.4, 0.5) is 0 Å². The molecule has 0 saturated carbocycles. The van der Waals surface area contributed by atoms with E-state index in [0.29, 0.717) is 0 Å². The molecule has 0 saturated heterocycles. The second-order valence-corrected chi connectivity index (χ2v) is 6.46. The van der Waals surface area contributed by atoms with Gasteiger partial charge in [-0.3, -0.25) is 0 Å². The van der Waals surface area contributed by atoms with Gasteiger partial charge in [-0.2, -0.15) is 0 Å². The Morgan fingerprint density at radius 1 is 1.32 bits per heavy atom. The lowest BCUT2D eigenvalue weighted by Crippen LogP contribution is -2.27. The summed E-state index contributed by atoms with van der Waals surface area (Å²) in [5.41, 5.74) is 1.89. The molecule has 4 nitrogen and oxygen atoms in total. The van der Waals surface area contributed by atoms with Crippen molar-refractivity contribution in [3.8, 4) is 5.75 Å². The first-order valence-electron chi connectivity index (χ1n) is 7.92. The minimum Gasteiger partial charge on any atom is -0.482 e. The average Bonchev–Trinajstić information content (AvgIpc) is 2.43. The molecule has 0 aliphatic carbocycles. The smallest absolute Gasteiger partial charge is 0.344 e. The van der Waals surface area contributed by atoms with Crippen LogP contribution in [0.1, 0.15) is 58.2 Å². The Hall–Kier alpha value is -1.55. The maximum atomic E-state index is 11.8. The van der Waals surface area contributed by atoms with Crippen molar-refractivity contribution in [2.24, 2.45) is 0 Å². The maximum Gasteiger partial charge on any atom is 0.344 e. The molecule has 1 aromatic rings. The van der Waals surface area contributed by atoms with Crippen LogP contribution in [0.3, 0.4) is 0 Å². The molecule has 1 unspecified atom stereocenters. The van der Waals surface area contributed by atoms with Crippen molar-refractivity contribution in [2.45, 2.75) is 59.1 Å². The fourth-order valence-electron chi connectivity index (χ4n) is 2.30. The second kappa shape index (κ2) is 8.18. The zero-order valence-electron chi connectivity index (χ0n) is 14.7. The predicted molar refractivity (Wildman–Crippen MR) is 89.3 cm³/mol. The highest BCUT2D eigenvalue weighted by atomic mass is 16.6. The van der Waals surface area contributed by atoms with Gasteiger partial charge >= 0.3 is 5.97 Å². The second-order valence-electron chi connectivity index (χ2n) is 6.46. The third-order valence-corrected chi connectivity index (χ3v) is 3.33. The molecule has 0 heterocycles. The summed E-state index contributed by atoms with van der Waals surface area (Å²) in [5, 5.41) is 3.26. The SMILES string of the molecule is CCCc1c(OCC(=O)OC(C)(C)C)cccc1C(C)NC.